The number of aromatic nitrogens is 2. The van der Waals surface area contributed by atoms with Crippen LogP contribution in [0.15, 0.2) is 30.6 Å². The smallest absolute Gasteiger partial charge is 0.231 e. The Labute approximate surface area is 157 Å². The molecule has 26 heavy (non-hydrogen) atoms. The van der Waals surface area contributed by atoms with Gasteiger partial charge in [0.25, 0.3) is 0 Å². The minimum atomic E-state index is 0.213. The number of carbonyl (C=O) groups is 1. The molecule has 2 aromatic heterocycles. The monoisotopic (exact) mass is 366 g/mol. The van der Waals surface area contributed by atoms with Gasteiger partial charge in [0, 0.05) is 11.3 Å². The van der Waals surface area contributed by atoms with Crippen LogP contribution in [-0.2, 0) is 24.1 Å². The molecule has 0 fully saturated rings. The SMILES string of the molecule is CC(=O)CCc1ccc(Oc2ncnc3sc4c(c23)CC[C@@H](C)C4)cc1. The number of thiophene rings is 1. The maximum absolute atomic E-state index is 11.1. The number of aryl methyl sites for hydroxylation is 2. The fourth-order valence-corrected chi connectivity index (χ4v) is 4.82. The number of carbonyl (C=O) groups excluding carboxylic acids is 1. The van der Waals surface area contributed by atoms with Crippen LogP contribution in [0.3, 0.4) is 0 Å². The van der Waals surface area contributed by atoms with Crippen LogP contribution >= 0.6 is 11.3 Å². The van der Waals surface area contributed by atoms with Crippen LogP contribution < -0.4 is 4.74 Å². The van der Waals surface area contributed by atoms with Crippen molar-refractivity contribution >= 4 is 27.3 Å². The quantitative estimate of drug-likeness (QED) is 0.628. The van der Waals surface area contributed by atoms with Crippen molar-refractivity contribution in [2.45, 2.75) is 46.0 Å². The molecule has 4 nitrogen and oxygen atoms in total. The van der Waals surface area contributed by atoms with Gasteiger partial charge < -0.3 is 9.53 Å². The summed E-state index contributed by atoms with van der Waals surface area (Å²) in [5, 5.41) is 1.08. The second-order valence-electron chi connectivity index (χ2n) is 7.16. The number of ether oxygens (including phenoxy) is 1. The average molecular weight is 366 g/mol. The van der Waals surface area contributed by atoms with Crippen LogP contribution in [0.5, 0.6) is 11.6 Å². The summed E-state index contributed by atoms with van der Waals surface area (Å²) in [5.41, 5.74) is 2.51. The van der Waals surface area contributed by atoms with Crippen molar-refractivity contribution < 1.29 is 9.53 Å². The highest BCUT2D eigenvalue weighted by atomic mass is 32.1. The summed E-state index contributed by atoms with van der Waals surface area (Å²) in [7, 11) is 0. The van der Waals surface area contributed by atoms with Crippen LogP contribution in [0, 0.1) is 5.92 Å². The van der Waals surface area contributed by atoms with Gasteiger partial charge in [0.2, 0.25) is 5.88 Å². The molecule has 0 unspecified atom stereocenters. The Hall–Kier alpha value is -2.27. The van der Waals surface area contributed by atoms with Gasteiger partial charge >= 0.3 is 0 Å². The fourth-order valence-electron chi connectivity index (χ4n) is 3.48. The second-order valence-corrected chi connectivity index (χ2v) is 8.24. The average Bonchev–Trinajstić information content (AvgIpc) is 2.99. The molecular weight excluding hydrogens is 344 g/mol. The zero-order valence-electron chi connectivity index (χ0n) is 15.1. The fraction of sp³-hybridized carbons (Fsp3) is 0.381. The summed E-state index contributed by atoms with van der Waals surface area (Å²) in [4.78, 5) is 22.5. The van der Waals surface area contributed by atoms with Gasteiger partial charge in [-0.25, -0.2) is 9.97 Å². The van der Waals surface area contributed by atoms with E-state index < -0.39 is 0 Å². The molecule has 3 aromatic rings. The van der Waals surface area contributed by atoms with E-state index in [0.717, 1.165) is 46.7 Å². The summed E-state index contributed by atoms with van der Waals surface area (Å²) >= 11 is 1.78. The van der Waals surface area contributed by atoms with Crippen molar-refractivity contribution in [2.24, 2.45) is 5.92 Å². The Kier molecular flexibility index (Phi) is 4.72. The molecule has 2 heterocycles. The molecule has 0 spiro atoms. The minimum absolute atomic E-state index is 0.213. The zero-order chi connectivity index (χ0) is 18.1. The van der Waals surface area contributed by atoms with Crippen molar-refractivity contribution in [1.82, 2.24) is 9.97 Å². The molecular formula is C21H22N2O2S. The Morgan fingerprint density at radius 3 is 2.85 bits per heavy atom. The number of fused-ring (bicyclic) bond motifs is 3. The number of rotatable bonds is 5. The van der Waals surface area contributed by atoms with Crippen molar-refractivity contribution in [2.75, 3.05) is 0 Å². The summed E-state index contributed by atoms with van der Waals surface area (Å²) in [6, 6.07) is 7.93. The normalized spacial score (nSPS) is 16.5. The highest BCUT2D eigenvalue weighted by molar-refractivity contribution is 7.18. The molecule has 1 aliphatic carbocycles. The first-order valence-corrected chi connectivity index (χ1v) is 9.93. The molecule has 1 aliphatic rings. The number of nitrogens with zero attached hydrogens (tertiary/aromatic N) is 2. The van der Waals surface area contributed by atoms with E-state index >= 15 is 0 Å². The van der Waals surface area contributed by atoms with E-state index in [1.165, 1.54) is 16.9 Å². The maximum atomic E-state index is 11.1. The van der Waals surface area contributed by atoms with Gasteiger partial charge in [-0.1, -0.05) is 19.1 Å². The third-order valence-corrected chi connectivity index (χ3v) is 6.12. The van der Waals surface area contributed by atoms with E-state index in [4.69, 9.17) is 4.74 Å². The van der Waals surface area contributed by atoms with Crippen LogP contribution in [0.1, 0.15) is 42.7 Å². The second kappa shape index (κ2) is 7.16. The van der Waals surface area contributed by atoms with E-state index in [1.54, 1.807) is 24.6 Å². The topological polar surface area (TPSA) is 52.1 Å². The van der Waals surface area contributed by atoms with Gasteiger partial charge in [-0.05, 0) is 61.8 Å². The largest absolute Gasteiger partial charge is 0.438 e. The molecule has 0 aliphatic heterocycles. The maximum Gasteiger partial charge on any atom is 0.231 e. The van der Waals surface area contributed by atoms with Crippen LogP contribution in [0.25, 0.3) is 10.2 Å². The van der Waals surface area contributed by atoms with Gasteiger partial charge in [-0.2, -0.15) is 0 Å². The summed E-state index contributed by atoms with van der Waals surface area (Å²) in [6.45, 7) is 3.93. The molecule has 0 amide bonds. The summed E-state index contributed by atoms with van der Waals surface area (Å²) < 4.78 is 6.11. The zero-order valence-corrected chi connectivity index (χ0v) is 15.9. The van der Waals surface area contributed by atoms with Gasteiger partial charge in [0.15, 0.2) is 0 Å². The number of Topliss-reactive ketones (excluding diaryl/α,β-unsaturated/α-hetero) is 1. The highest BCUT2D eigenvalue weighted by Crippen LogP contribution is 2.41. The minimum Gasteiger partial charge on any atom is -0.438 e. The molecule has 0 radical (unpaired) electrons. The van der Waals surface area contributed by atoms with E-state index in [0.29, 0.717) is 12.3 Å². The predicted molar refractivity (Wildman–Crippen MR) is 104 cm³/mol. The third-order valence-electron chi connectivity index (χ3n) is 4.96. The van der Waals surface area contributed by atoms with E-state index in [1.807, 2.05) is 24.3 Å². The molecule has 1 aromatic carbocycles. The molecule has 4 rings (SSSR count). The molecule has 5 heteroatoms. The standard InChI is InChI=1S/C21H22N2O2S/c1-13-3-10-17-18(11-13)26-21-19(17)20(22-12-23-21)25-16-8-6-15(7-9-16)5-4-14(2)24/h6-9,12-13H,3-5,10-11H2,1-2H3/t13-/m1/s1. The highest BCUT2D eigenvalue weighted by Gasteiger charge is 2.23. The summed E-state index contributed by atoms with van der Waals surface area (Å²) in [6.07, 6.45) is 6.34. The molecule has 0 saturated heterocycles. The first kappa shape index (κ1) is 17.2. The Morgan fingerprint density at radius 1 is 1.27 bits per heavy atom. The Morgan fingerprint density at radius 2 is 2.08 bits per heavy atom. The van der Waals surface area contributed by atoms with E-state index in [-0.39, 0.29) is 5.78 Å². The van der Waals surface area contributed by atoms with Gasteiger partial charge in [-0.15, -0.1) is 11.3 Å². The van der Waals surface area contributed by atoms with Gasteiger partial charge in [0.1, 0.15) is 22.7 Å². The van der Waals surface area contributed by atoms with Crippen LogP contribution in [0.2, 0.25) is 0 Å². The van der Waals surface area contributed by atoms with Crippen molar-refractivity contribution in [3.8, 4) is 11.6 Å². The van der Waals surface area contributed by atoms with Gasteiger partial charge in [-0.3, -0.25) is 0 Å². The number of hydrogen-bond donors (Lipinski definition) is 0. The molecule has 0 N–H and O–H groups in total. The lowest BCUT2D eigenvalue weighted by atomic mass is 9.89. The van der Waals surface area contributed by atoms with Crippen molar-refractivity contribution in [1.29, 1.82) is 0 Å². The summed E-state index contributed by atoms with van der Waals surface area (Å²) in [5.74, 6) is 2.36. The lowest BCUT2D eigenvalue weighted by Gasteiger charge is -2.18. The van der Waals surface area contributed by atoms with Crippen molar-refractivity contribution in [3.05, 3.63) is 46.6 Å². The van der Waals surface area contributed by atoms with E-state index in [2.05, 4.69) is 16.9 Å². The number of ketones is 1. The molecule has 1 atom stereocenters. The van der Waals surface area contributed by atoms with Crippen LogP contribution in [-0.4, -0.2) is 15.8 Å². The third kappa shape index (κ3) is 3.49. The first-order chi connectivity index (χ1) is 12.6. The Balaban J connectivity index is 1.60. The van der Waals surface area contributed by atoms with Crippen molar-refractivity contribution in [3.63, 3.8) is 0 Å². The van der Waals surface area contributed by atoms with Crippen LogP contribution in [0.4, 0.5) is 0 Å². The lowest BCUT2D eigenvalue weighted by molar-refractivity contribution is -0.116. The van der Waals surface area contributed by atoms with Gasteiger partial charge in [0.05, 0.1) is 5.39 Å². The molecule has 134 valence electrons. The number of hydrogen-bond acceptors (Lipinski definition) is 5. The first-order valence-electron chi connectivity index (χ1n) is 9.11. The lowest BCUT2D eigenvalue weighted by Crippen LogP contribution is -2.08. The molecule has 0 bridgehead atoms. The van der Waals surface area contributed by atoms with E-state index in [9.17, 15) is 4.79 Å². The molecule has 0 saturated carbocycles. The predicted octanol–water partition coefficient (Wildman–Crippen LogP) is 5.13. The Bertz CT molecular complexity index is 947. The number of benzene rings is 1.